The number of fused-ring (bicyclic) bond motifs is 9. The molecule has 11 rings (SSSR count). The molecule has 0 bridgehead atoms. The van der Waals surface area contributed by atoms with Crippen LogP contribution in [0.25, 0.3) is 98.4 Å². The molecule has 0 saturated carbocycles. The highest BCUT2D eigenvalue weighted by Crippen LogP contribution is 2.51. The van der Waals surface area contributed by atoms with Gasteiger partial charge in [-0.15, -0.1) is 0 Å². The van der Waals surface area contributed by atoms with Gasteiger partial charge in [-0.05, 0) is 140 Å². The summed E-state index contributed by atoms with van der Waals surface area (Å²) in [6.45, 7) is 4.74. The molecule has 0 aromatic heterocycles. The highest BCUT2D eigenvalue weighted by atomic mass is 14.4. The Bertz CT molecular complexity index is 3080. The maximum absolute atomic E-state index is 2.43. The molecule has 0 spiro atoms. The second kappa shape index (κ2) is 11.2. The van der Waals surface area contributed by atoms with E-state index in [-0.39, 0.29) is 5.41 Å². The van der Waals surface area contributed by atoms with Gasteiger partial charge < -0.3 is 0 Å². The summed E-state index contributed by atoms with van der Waals surface area (Å²) in [7, 11) is 0. The Balaban J connectivity index is 1.13. The third kappa shape index (κ3) is 4.42. The van der Waals surface area contributed by atoms with Crippen LogP contribution in [0.15, 0.2) is 182 Å². The van der Waals surface area contributed by atoms with Crippen molar-refractivity contribution < 1.29 is 0 Å². The molecule has 10 aromatic carbocycles. The summed E-state index contributed by atoms with van der Waals surface area (Å²) in [6, 6.07) is 68.0. The minimum absolute atomic E-state index is 0.0506. The standard InChI is InChI=1S/C53H36/c1-53(2)49-27-26-36(30-46(49)47-29-34-14-3-4-15-35(34)32-50(47)53)33-17-13-18-38(28-33)51-42-22-9-11-24-44(42)52(45-25-12-10-23-43(45)51)48-31-37-16-5-6-19-39(37)40-20-7-8-21-41(40)48/h3-32H,1-2H3. The molecule has 10 aromatic rings. The summed E-state index contributed by atoms with van der Waals surface area (Å²) in [4.78, 5) is 0. The van der Waals surface area contributed by atoms with Crippen molar-refractivity contribution in [2.45, 2.75) is 19.3 Å². The van der Waals surface area contributed by atoms with E-state index in [2.05, 4.69) is 196 Å². The van der Waals surface area contributed by atoms with Gasteiger partial charge >= 0.3 is 0 Å². The average Bonchev–Trinajstić information content (AvgIpc) is 3.43. The van der Waals surface area contributed by atoms with Crippen molar-refractivity contribution in [3.63, 3.8) is 0 Å². The van der Waals surface area contributed by atoms with Gasteiger partial charge in [-0.3, -0.25) is 0 Å². The highest BCUT2D eigenvalue weighted by molar-refractivity contribution is 6.25. The molecule has 0 fully saturated rings. The first kappa shape index (κ1) is 30.2. The van der Waals surface area contributed by atoms with Crippen LogP contribution in [0.4, 0.5) is 0 Å². The third-order valence-electron chi connectivity index (χ3n) is 12.0. The van der Waals surface area contributed by atoms with E-state index < -0.39 is 0 Å². The zero-order valence-corrected chi connectivity index (χ0v) is 29.8. The molecule has 0 radical (unpaired) electrons. The van der Waals surface area contributed by atoms with Crippen molar-refractivity contribution >= 4 is 53.9 Å². The molecule has 0 N–H and O–H groups in total. The first-order valence-corrected chi connectivity index (χ1v) is 18.7. The lowest BCUT2D eigenvalue weighted by Crippen LogP contribution is -2.14. The molecule has 0 unspecified atom stereocenters. The van der Waals surface area contributed by atoms with Crippen LogP contribution < -0.4 is 0 Å². The lowest BCUT2D eigenvalue weighted by atomic mass is 9.81. The number of hydrogen-bond donors (Lipinski definition) is 0. The van der Waals surface area contributed by atoms with E-state index in [9.17, 15) is 0 Å². The summed E-state index contributed by atoms with van der Waals surface area (Å²) in [5.74, 6) is 0. The van der Waals surface area contributed by atoms with E-state index in [0.29, 0.717) is 0 Å². The first-order valence-electron chi connectivity index (χ1n) is 18.7. The number of hydrogen-bond acceptors (Lipinski definition) is 0. The maximum atomic E-state index is 2.43. The number of rotatable bonds is 3. The van der Waals surface area contributed by atoms with Crippen molar-refractivity contribution in [3.05, 3.63) is 193 Å². The van der Waals surface area contributed by atoms with Crippen LogP contribution in [0, 0.1) is 0 Å². The second-order valence-corrected chi connectivity index (χ2v) is 15.2. The lowest BCUT2D eigenvalue weighted by molar-refractivity contribution is 0.661. The SMILES string of the molecule is CC1(C)c2ccc(-c3cccc(-c4c5ccccc5c(-c5cc6ccccc6c6ccccc56)c5ccccc45)c3)cc2-c2cc3ccccc3cc21. The van der Waals surface area contributed by atoms with E-state index in [1.807, 2.05) is 0 Å². The summed E-state index contributed by atoms with van der Waals surface area (Å²) in [5.41, 5.74) is 13.0. The summed E-state index contributed by atoms with van der Waals surface area (Å²) in [5, 5.41) is 12.8. The molecule has 248 valence electrons. The smallest absolute Gasteiger partial charge is 0.0159 e. The Labute approximate surface area is 309 Å². The summed E-state index contributed by atoms with van der Waals surface area (Å²) < 4.78 is 0. The molecule has 1 aliphatic rings. The third-order valence-corrected chi connectivity index (χ3v) is 12.0. The molecule has 0 atom stereocenters. The zero-order valence-electron chi connectivity index (χ0n) is 29.8. The Morgan fingerprint density at radius 3 is 1.47 bits per heavy atom. The molecule has 0 heterocycles. The zero-order chi connectivity index (χ0) is 35.3. The molecular formula is C53H36. The minimum atomic E-state index is -0.0506. The van der Waals surface area contributed by atoms with Crippen LogP contribution in [-0.2, 0) is 5.41 Å². The topological polar surface area (TPSA) is 0 Å². The quantitative estimate of drug-likeness (QED) is 0.129. The van der Waals surface area contributed by atoms with E-state index in [0.717, 1.165) is 0 Å². The van der Waals surface area contributed by atoms with Crippen LogP contribution >= 0.6 is 0 Å². The van der Waals surface area contributed by atoms with Crippen molar-refractivity contribution in [1.82, 2.24) is 0 Å². The lowest BCUT2D eigenvalue weighted by Gasteiger charge is -2.22. The number of benzene rings is 10. The van der Waals surface area contributed by atoms with Crippen molar-refractivity contribution in [3.8, 4) is 44.5 Å². The Kier molecular flexibility index (Phi) is 6.40. The van der Waals surface area contributed by atoms with Crippen LogP contribution in [0.5, 0.6) is 0 Å². The Hall–Kier alpha value is -6.50. The Morgan fingerprint density at radius 1 is 0.283 bits per heavy atom. The van der Waals surface area contributed by atoms with Crippen LogP contribution in [0.3, 0.4) is 0 Å². The molecule has 1 aliphatic carbocycles. The molecule has 53 heavy (non-hydrogen) atoms. The van der Waals surface area contributed by atoms with Gasteiger partial charge in [-0.2, -0.15) is 0 Å². The summed E-state index contributed by atoms with van der Waals surface area (Å²) in [6.07, 6.45) is 0. The van der Waals surface area contributed by atoms with Crippen LogP contribution in [-0.4, -0.2) is 0 Å². The predicted molar refractivity (Wildman–Crippen MR) is 228 cm³/mol. The van der Waals surface area contributed by atoms with E-state index in [1.165, 1.54) is 109 Å². The normalized spacial score (nSPS) is 13.2. The van der Waals surface area contributed by atoms with Gasteiger partial charge in [0, 0.05) is 5.41 Å². The molecular weight excluding hydrogens is 637 g/mol. The molecule has 0 nitrogen and oxygen atoms in total. The fourth-order valence-corrected chi connectivity index (χ4v) is 9.46. The van der Waals surface area contributed by atoms with Gasteiger partial charge in [0.1, 0.15) is 0 Å². The fourth-order valence-electron chi connectivity index (χ4n) is 9.46. The van der Waals surface area contributed by atoms with Crippen molar-refractivity contribution in [2.75, 3.05) is 0 Å². The monoisotopic (exact) mass is 672 g/mol. The maximum Gasteiger partial charge on any atom is 0.0159 e. The van der Waals surface area contributed by atoms with Crippen molar-refractivity contribution in [2.24, 2.45) is 0 Å². The summed E-state index contributed by atoms with van der Waals surface area (Å²) >= 11 is 0. The van der Waals surface area contributed by atoms with E-state index >= 15 is 0 Å². The van der Waals surface area contributed by atoms with Gasteiger partial charge in [0.15, 0.2) is 0 Å². The van der Waals surface area contributed by atoms with E-state index in [4.69, 9.17) is 0 Å². The highest BCUT2D eigenvalue weighted by Gasteiger charge is 2.35. The van der Waals surface area contributed by atoms with Gasteiger partial charge in [0.05, 0.1) is 0 Å². The van der Waals surface area contributed by atoms with Crippen LogP contribution in [0.1, 0.15) is 25.0 Å². The minimum Gasteiger partial charge on any atom is -0.0616 e. The van der Waals surface area contributed by atoms with Gasteiger partial charge in [-0.1, -0.05) is 166 Å². The second-order valence-electron chi connectivity index (χ2n) is 15.2. The fraction of sp³-hybridized carbons (Fsp3) is 0.0566. The molecule has 0 saturated heterocycles. The van der Waals surface area contributed by atoms with Gasteiger partial charge in [0.25, 0.3) is 0 Å². The van der Waals surface area contributed by atoms with Crippen molar-refractivity contribution in [1.29, 1.82) is 0 Å². The van der Waals surface area contributed by atoms with Crippen LogP contribution in [0.2, 0.25) is 0 Å². The first-order chi connectivity index (χ1) is 26.0. The van der Waals surface area contributed by atoms with E-state index in [1.54, 1.807) is 0 Å². The molecule has 0 aliphatic heterocycles. The molecule has 0 amide bonds. The largest absolute Gasteiger partial charge is 0.0616 e. The Morgan fingerprint density at radius 2 is 0.774 bits per heavy atom. The predicted octanol–water partition coefficient (Wildman–Crippen LogP) is 14.8. The van der Waals surface area contributed by atoms with Gasteiger partial charge in [0.2, 0.25) is 0 Å². The average molecular weight is 673 g/mol. The van der Waals surface area contributed by atoms with Gasteiger partial charge in [-0.25, -0.2) is 0 Å². The molecule has 0 heteroatoms.